The third-order valence-electron chi connectivity index (χ3n) is 5.69. The van der Waals surface area contributed by atoms with Gasteiger partial charge in [0.2, 0.25) is 11.8 Å². The summed E-state index contributed by atoms with van der Waals surface area (Å²) in [6.45, 7) is 5.34. The Labute approximate surface area is 156 Å². The molecule has 0 radical (unpaired) electrons. The molecule has 2 aliphatic heterocycles. The smallest absolute Gasteiger partial charge is 0.239 e. The van der Waals surface area contributed by atoms with Gasteiger partial charge in [-0.2, -0.15) is 0 Å². The lowest BCUT2D eigenvalue weighted by atomic mass is 9.95. The van der Waals surface area contributed by atoms with E-state index >= 15 is 0 Å². The Bertz CT molecular complexity index is 597. The van der Waals surface area contributed by atoms with E-state index in [1.807, 2.05) is 42.2 Å². The summed E-state index contributed by atoms with van der Waals surface area (Å²) in [5, 5.41) is 3.01. The van der Waals surface area contributed by atoms with Crippen LogP contribution < -0.4 is 5.32 Å². The predicted molar refractivity (Wildman–Crippen MR) is 104 cm³/mol. The minimum Gasteiger partial charge on any atom is -0.341 e. The molecule has 142 valence electrons. The minimum atomic E-state index is -0.138. The number of amides is 2. The molecule has 0 aliphatic carbocycles. The van der Waals surface area contributed by atoms with Crippen molar-refractivity contribution in [3.63, 3.8) is 0 Å². The maximum Gasteiger partial charge on any atom is 0.239 e. The van der Waals surface area contributed by atoms with Gasteiger partial charge in [0.1, 0.15) is 0 Å². The summed E-state index contributed by atoms with van der Waals surface area (Å²) < 4.78 is 0. The first-order chi connectivity index (χ1) is 12.6. The molecule has 0 bridgehead atoms. The van der Waals surface area contributed by atoms with Crippen molar-refractivity contribution in [2.75, 3.05) is 31.5 Å². The third-order valence-corrected chi connectivity index (χ3v) is 5.69. The lowest BCUT2D eigenvalue weighted by molar-refractivity contribution is -0.138. The van der Waals surface area contributed by atoms with Gasteiger partial charge in [-0.3, -0.25) is 14.5 Å². The molecule has 2 atom stereocenters. The van der Waals surface area contributed by atoms with Gasteiger partial charge in [0.15, 0.2) is 0 Å². The van der Waals surface area contributed by atoms with Crippen LogP contribution in [0.3, 0.4) is 0 Å². The number of anilines is 1. The number of piperidine rings is 1. The number of nitrogens with zero attached hydrogens (tertiary/aromatic N) is 2. The first kappa shape index (κ1) is 18.9. The number of nitrogens with one attached hydrogen (secondary N) is 1. The molecule has 2 heterocycles. The average molecular weight is 357 g/mol. The molecule has 0 aromatic heterocycles. The molecular weight excluding hydrogens is 326 g/mol. The highest BCUT2D eigenvalue weighted by molar-refractivity contribution is 5.92. The molecule has 2 fully saturated rings. The van der Waals surface area contributed by atoms with Gasteiger partial charge < -0.3 is 10.2 Å². The number of carbonyl (C=O) groups is 2. The molecule has 0 saturated carbocycles. The second-order valence-corrected chi connectivity index (χ2v) is 7.60. The molecule has 2 saturated heterocycles. The van der Waals surface area contributed by atoms with E-state index < -0.39 is 0 Å². The van der Waals surface area contributed by atoms with E-state index in [-0.39, 0.29) is 23.8 Å². The first-order valence-electron chi connectivity index (χ1n) is 10.0. The molecule has 3 rings (SSSR count). The fraction of sp³-hybridized carbons (Fsp3) is 0.619. The summed E-state index contributed by atoms with van der Waals surface area (Å²) in [7, 11) is 0. The molecule has 1 aromatic rings. The summed E-state index contributed by atoms with van der Waals surface area (Å²) >= 11 is 0. The Balaban J connectivity index is 1.56. The van der Waals surface area contributed by atoms with Gasteiger partial charge in [-0.1, -0.05) is 31.0 Å². The first-order valence-corrected chi connectivity index (χ1v) is 10.0. The van der Waals surface area contributed by atoms with E-state index in [4.69, 9.17) is 0 Å². The van der Waals surface area contributed by atoms with Crippen LogP contribution >= 0.6 is 0 Å². The monoisotopic (exact) mass is 357 g/mol. The zero-order chi connectivity index (χ0) is 18.4. The number of rotatable bonds is 4. The van der Waals surface area contributed by atoms with Crippen LogP contribution in [0.25, 0.3) is 0 Å². The van der Waals surface area contributed by atoms with Crippen LogP contribution in [0.4, 0.5) is 5.69 Å². The van der Waals surface area contributed by atoms with Gasteiger partial charge in [0, 0.05) is 25.3 Å². The Kier molecular flexibility index (Phi) is 6.67. The van der Waals surface area contributed by atoms with Gasteiger partial charge in [-0.15, -0.1) is 0 Å². The van der Waals surface area contributed by atoms with E-state index in [1.54, 1.807) is 0 Å². The van der Waals surface area contributed by atoms with Crippen LogP contribution in [0.5, 0.6) is 0 Å². The largest absolute Gasteiger partial charge is 0.341 e. The SMILES string of the molecule is CC(C(=O)N1CCCCCC1)N1CCCC(C(=O)Nc2ccccc2)C1. The van der Waals surface area contributed by atoms with E-state index in [0.29, 0.717) is 6.54 Å². The van der Waals surface area contributed by atoms with Crippen LogP contribution in [-0.4, -0.2) is 53.8 Å². The van der Waals surface area contributed by atoms with Gasteiger partial charge in [0.05, 0.1) is 12.0 Å². The second-order valence-electron chi connectivity index (χ2n) is 7.60. The molecular formula is C21H31N3O2. The molecule has 1 N–H and O–H groups in total. The summed E-state index contributed by atoms with van der Waals surface area (Å²) in [4.78, 5) is 29.8. The van der Waals surface area contributed by atoms with Crippen molar-refractivity contribution in [3.8, 4) is 0 Å². The maximum atomic E-state index is 12.9. The molecule has 2 amide bonds. The normalized spacial score (nSPS) is 23.1. The Morgan fingerprint density at radius 1 is 1.00 bits per heavy atom. The summed E-state index contributed by atoms with van der Waals surface area (Å²) in [6.07, 6.45) is 6.53. The van der Waals surface area contributed by atoms with E-state index in [9.17, 15) is 9.59 Å². The Morgan fingerprint density at radius 3 is 2.38 bits per heavy atom. The molecule has 5 nitrogen and oxygen atoms in total. The third kappa shape index (κ3) is 4.85. The fourth-order valence-electron chi connectivity index (χ4n) is 4.05. The number of para-hydroxylation sites is 1. The topological polar surface area (TPSA) is 52.7 Å². The second kappa shape index (κ2) is 9.17. The van der Waals surface area contributed by atoms with Crippen molar-refractivity contribution in [1.29, 1.82) is 0 Å². The molecule has 0 spiro atoms. The van der Waals surface area contributed by atoms with Crippen LogP contribution in [0.1, 0.15) is 45.4 Å². The van der Waals surface area contributed by atoms with Crippen molar-refractivity contribution < 1.29 is 9.59 Å². The quantitative estimate of drug-likeness (QED) is 0.901. The number of likely N-dealkylation sites (tertiary alicyclic amines) is 2. The highest BCUT2D eigenvalue weighted by atomic mass is 16.2. The van der Waals surface area contributed by atoms with Crippen LogP contribution in [0.15, 0.2) is 30.3 Å². The lowest BCUT2D eigenvalue weighted by Crippen LogP contribution is -2.52. The zero-order valence-electron chi connectivity index (χ0n) is 15.8. The minimum absolute atomic E-state index is 0.0525. The summed E-state index contributed by atoms with van der Waals surface area (Å²) in [5.74, 6) is 0.245. The van der Waals surface area contributed by atoms with Crippen molar-refractivity contribution in [2.24, 2.45) is 5.92 Å². The number of hydrogen-bond acceptors (Lipinski definition) is 3. The van der Waals surface area contributed by atoms with Crippen LogP contribution in [0, 0.1) is 5.92 Å². The van der Waals surface area contributed by atoms with E-state index in [2.05, 4.69) is 10.2 Å². The Hall–Kier alpha value is -1.88. The molecule has 2 aliphatic rings. The lowest BCUT2D eigenvalue weighted by Gasteiger charge is -2.37. The van der Waals surface area contributed by atoms with Crippen LogP contribution in [-0.2, 0) is 9.59 Å². The molecule has 5 heteroatoms. The summed E-state index contributed by atoms with van der Waals surface area (Å²) in [5.41, 5.74) is 0.836. The van der Waals surface area contributed by atoms with Crippen molar-refractivity contribution in [3.05, 3.63) is 30.3 Å². The van der Waals surface area contributed by atoms with Crippen LogP contribution in [0.2, 0.25) is 0 Å². The fourth-order valence-corrected chi connectivity index (χ4v) is 4.05. The van der Waals surface area contributed by atoms with Gasteiger partial charge in [0.25, 0.3) is 0 Å². The molecule has 26 heavy (non-hydrogen) atoms. The predicted octanol–water partition coefficient (Wildman–Crippen LogP) is 3.13. The van der Waals surface area contributed by atoms with Crippen molar-refractivity contribution >= 4 is 17.5 Å². The van der Waals surface area contributed by atoms with Gasteiger partial charge in [-0.25, -0.2) is 0 Å². The van der Waals surface area contributed by atoms with E-state index in [0.717, 1.165) is 51.0 Å². The molecule has 1 aromatic carbocycles. The van der Waals surface area contributed by atoms with E-state index in [1.165, 1.54) is 12.8 Å². The summed E-state index contributed by atoms with van der Waals surface area (Å²) in [6, 6.07) is 9.46. The zero-order valence-corrected chi connectivity index (χ0v) is 15.8. The highest BCUT2D eigenvalue weighted by Gasteiger charge is 2.32. The van der Waals surface area contributed by atoms with Gasteiger partial charge in [-0.05, 0) is 51.3 Å². The van der Waals surface area contributed by atoms with Crippen molar-refractivity contribution in [2.45, 2.75) is 51.5 Å². The number of hydrogen-bond donors (Lipinski definition) is 1. The maximum absolute atomic E-state index is 12.9. The number of carbonyl (C=O) groups excluding carboxylic acids is 2. The highest BCUT2D eigenvalue weighted by Crippen LogP contribution is 2.22. The standard InChI is InChI=1S/C21H31N3O2/c1-17(21(26)23-13-7-2-3-8-14-23)24-15-9-10-18(16-24)20(25)22-19-11-5-4-6-12-19/h4-6,11-12,17-18H,2-3,7-10,13-16H2,1H3,(H,22,25). The molecule has 2 unspecified atom stereocenters. The van der Waals surface area contributed by atoms with Gasteiger partial charge >= 0.3 is 0 Å². The number of benzene rings is 1. The Morgan fingerprint density at radius 2 is 1.69 bits per heavy atom. The average Bonchev–Trinajstić information content (AvgIpc) is 2.97. The van der Waals surface area contributed by atoms with Crippen molar-refractivity contribution in [1.82, 2.24) is 9.80 Å².